The first kappa shape index (κ1) is 16.9. The second-order valence-corrected chi connectivity index (χ2v) is 6.74. The molecule has 0 heterocycles. The predicted octanol–water partition coefficient (Wildman–Crippen LogP) is 6.93. The SMILES string of the molecule is CCOC1=CC[CH]C(c2cccc(Cl)c2)=C1c1ccc2ccccc2c1. The van der Waals surface area contributed by atoms with Gasteiger partial charge in [-0.2, -0.15) is 0 Å². The van der Waals surface area contributed by atoms with Gasteiger partial charge in [0.15, 0.2) is 0 Å². The van der Waals surface area contributed by atoms with Crippen LogP contribution in [-0.2, 0) is 4.74 Å². The Morgan fingerprint density at radius 1 is 0.885 bits per heavy atom. The summed E-state index contributed by atoms with van der Waals surface area (Å²) in [5.74, 6) is 0.945. The first-order valence-corrected chi connectivity index (χ1v) is 9.30. The highest BCUT2D eigenvalue weighted by Crippen LogP contribution is 2.40. The molecule has 1 radical (unpaired) electrons. The number of rotatable bonds is 4. The van der Waals surface area contributed by atoms with E-state index in [1.54, 1.807) is 0 Å². The molecule has 1 aliphatic carbocycles. The molecule has 0 N–H and O–H groups in total. The Labute approximate surface area is 159 Å². The van der Waals surface area contributed by atoms with Gasteiger partial charge in [0.25, 0.3) is 0 Å². The van der Waals surface area contributed by atoms with Crippen LogP contribution in [0.2, 0.25) is 5.02 Å². The van der Waals surface area contributed by atoms with E-state index in [1.807, 2.05) is 25.1 Å². The molecule has 2 heteroatoms. The number of hydrogen-bond acceptors (Lipinski definition) is 1. The van der Waals surface area contributed by atoms with E-state index in [2.05, 4.69) is 61.0 Å². The zero-order chi connectivity index (χ0) is 17.9. The van der Waals surface area contributed by atoms with Gasteiger partial charge in [-0.05, 0) is 71.5 Å². The highest BCUT2D eigenvalue weighted by molar-refractivity contribution is 6.30. The maximum absolute atomic E-state index is 6.25. The van der Waals surface area contributed by atoms with E-state index in [9.17, 15) is 0 Å². The third kappa shape index (κ3) is 3.27. The lowest BCUT2D eigenvalue weighted by Gasteiger charge is -2.23. The number of hydrogen-bond donors (Lipinski definition) is 0. The standard InChI is InChI=1S/C24H20ClO/c1-2-26-23-12-6-11-22(19-9-5-10-21(25)16-19)24(23)20-14-13-17-7-3-4-8-18(17)15-20/h3-5,7-16H,2,6H2,1H3. The molecule has 129 valence electrons. The number of fused-ring (bicyclic) bond motifs is 1. The Morgan fingerprint density at radius 2 is 1.73 bits per heavy atom. The summed E-state index contributed by atoms with van der Waals surface area (Å²) in [6.45, 7) is 2.67. The van der Waals surface area contributed by atoms with E-state index in [-0.39, 0.29) is 0 Å². The Balaban J connectivity index is 1.93. The summed E-state index contributed by atoms with van der Waals surface area (Å²) >= 11 is 6.25. The van der Waals surface area contributed by atoms with Crippen LogP contribution in [0.15, 0.2) is 78.6 Å². The van der Waals surface area contributed by atoms with Crippen molar-refractivity contribution in [1.29, 1.82) is 0 Å². The molecule has 3 aromatic carbocycles. The van der Waals surface area contributed by atoms with Gasteiger partial charge in [-0.3, -0.25) is 0 Å². The van der Waals surface area contributed by atoms with Crippen LogP contribution in [0.25, 0.3) is 21.9 Å². The number of halogens is 1. The lowest BCUT2D eigenvalue weighted by Crippen LogP contribution is -2.05. The topological polar surface area (TPSA) is 9.23 Å². The molecule has 0 aliphatic heterocycles. The summed E-state index contributed by atoms with van der Waals surface area (Å²) in [5, 5.41) is 3.21. The smallest absolute Gasteiger partial charge is 0.123 e. The Hall–Kier alpha value is -2.51. The van der Waals surface area contributed by atoms with E-state index in [4.69, 9.17) is 16.3 Å². The van der Waals surface area contributed by atoms with E-state index in [1.165, 1.54) is 16.3 Å². The minimum Gasteiger partial charge on any atom is -0.494 e. The van der Waals surface area contributed by atoms with E-state index >= 15 is 0 Å². The Morgan fingerprint density at radius 3 is 2.54 bits per heavy atom. The Kier molecular flexibility index (Phi) is 4.81. The Bertz CT molecular complexity index is 1010. The number of allylic oxidation sites excluding steroid dienone is 3. The molecule has 0 aromatic heterocycles. The quantitative estimate of drug-likeness (QED) is 0.490. The summed E-state index contributed by atoms with van der Waals surface area (Å²) < 4.78 is 5.99. The van der Waals surface area contributed by atoms with Crippen molar-refractivity contribution in [3.8, 4) is 0 Å². The molecule has 0 saturated carbocycles. The fourth-order valence-corrected chi connectivity index (χ4v) is 3.66. The fourth-order valence-electron chi connectivity index (χ4n) is 3.47. The van der Waals surface area contributed by atoms with Crippen LogP contribution in [0.3, 0.4) is 0 Å². The van der Waals surface area contributed by atoms with Crippen molar-refractivity contribution < 1.29 is 4.74 Å². The molecule has 1 aliphatic rings. The molecule has 1 nitrogen and oxygen atoms in total. The molecule has 0 spiro atoms. The van der Waals surface area contributed by atoms with Crippen molar-refractivity contribution in [2.45, 2.75) is 13.3 Å². The van der Waals surface area contributed by atoms with E-state index in [0.717, 1.165) is 33.9 Å². The van der Waals surface area contributed by atoms with Crippen LogP contribution in [-0.4, -0.2) is 6.61 Å². The van der Waals surface area contributed by atoms with Crippen molar-refractivity contribution in [2.24, 2.45) is 0 Å². The minimum absolute atomic E-state index is 0.645. The van der Waals surface area contributed by atoms with Crippen LogP contribution in [0.4, 0.5) is 0 Å². The van der Waals surface area contributed by atoms with Crippen LogP contribution in [0.5, 0.6) is 0 Å². The van der Waals surface area contributed by atoms with E-state index in [0.29, 0.717) is 6.61 Å². The molecule has 26 heavy (non-hydrogen) atoms. The van der Waals surface area contributed by atoms with Gasteiger partial charge in [0.2, 0.25) is 0 Å². The molecule has 0 atom stereocenters. The van der Waals surface area contributed by atoms with Crippen molar-refractivity contribution in [3.05, 3.63) is 101 Å². The molecular weight excluding hydrogens is 340 g/mol. The maximum atomic E-state index is 6.25. The van der Waals surface area contributed by atoms with Gasteiger partial charge in [0, 0.05) is 10.6 Å². The van der Waals surface area contributed by atoms with Crippen LogP contribution >= 0.6 is 11.6 Å². The van der Waals surface area contributed by atoms with Crippen LogP contribution < -0.4 is 0 Å². The van der Waals surface area contributed by atoms with Gasteiger partial charge < -0.3 is 4.74 Å². The molecule has 3 aromatic rings. The molecule has 0 saturated heterocycles. The number of ether oxygens (including phenoxy) is 1. The first-order chi connectivity index (χ1) is 12.8. The van der Waals surface area contributed by atoms with Gasteiger partial charge in [-0.1, -0.05) is 60.1 Å². The first-order valence-electron chi connectivity index (χ1n) is 8.92. The van der Waals surface area contributed by atoms with Gasteiger partial charge in [0.1, 0.15) is 5.76 Å². The van der Waals surface area contributed by atoms with Crippen LogP contribution in [0, 0.1) is 6.42 Å². The van der Waals surface area contributed by atoms with Crippen molar-refractivity contribution in [3.63, 3.8) is 0 Å². The number of benzene rings is 3. The largest absolute Gasteiger partial charge is 0.494 e. The monoisotopic (exact) mass is 359 g/mol. The average Bonchev–Trinajstić information content (AvgIpc) is 2.68. The highest BCUT2D eigenvalue weighted by Gasteiger charge is 2.21. The van der Waals surface area contributed by atoms with Gasteiger partial charge >= 0.3 is 0 Å². The zero-order valence-electron chi connectivity index (χ0n) is 14.7. The lowest BCUT2D eigenvalue weighted by atomic mass is 9.86. The summed E-state index contributed by atoms with van der Waals surface area (Å²) in [6, 6.07) is 23.0. The molecule has 0 fully saturated rings. The normalized spacial score (nSPS) is 14.5. The van der Waals surface area contributed by atoms with Crippen molar-refractivity contribution in [2.75, 3.05) is 6.61 Å². The van der Waals surface area contributed by atoms with Gasteiger partial charge in [-0.15, -0.1) is 0 Å². The fraction of sp³-hybridized carbons (Fsp3) is 0.125. The van der Waals surface area contributed by atoms with Gasteiger partial charge in [-0.25, -0.2) is 0 Å². The predicted molar refractivity (Wildman–Crippen MR) is 111 cm³/mol. The average molecular weight is 360 g/mol. The molecule has 4 rings (SSSR count). The van der Waals surface area contributed by atoms with Crippen LogP contribution in [0.1, 0.15) is 24.5 Å². The van der Waals surface area contributed by atoms with Crippen molar-refractivity contribution >= 4 is 33.5 Å². The van der Waals surface area contributed by atoms with Gasteiger partial charge in [0.05, 0.1) is 6.61 Å². The molecule has 0 amide bonds. The summed E-state index contributed by atoms with van der Waals surface area (Å²) in [7, 11) is 0. The molecular formula is C24H20ClO. The lowest BCUT2D eigenvalue weighted by molar-refractivity contribution is 0.245. The third-order valence-corrected chi connectivity index (χ3v) is 4.85. The summed E-state index contributed by atoms with van der Waals surface area (Å²) in [4.78, 5) is 0. The minimum atomic E-state index is 0.645. The third-order valence-electron chi connectivity index (χ3n) is 4.61. The summed E-state index contributed by atoms with van der Waals surface area (Å²) in [6.07, 6.45) is 5.26. The molecule has 0 bridgehead atoms. The van der Waals surface area contributed by atoms with E-state index < -0.39 is 0 Å². The summed E-state index contributed by atoms with van der Waals surface area (Å²) in [5.41, 5.74) is 4.58. The van der Waals surface area contributed by atoms with Crippen molar-refractivity contribution in [1.82, 2.24) is 0 Å². The maximum Gasteiger partial charge on any atom is 0.123 e. The highest BCUT2D eigenvalue weighted by atomic mass is 35.5. The second kappa shape index (κ2) is 7.39. The molecule has 0 unspecified atom stereocenters. The second-order valence-electron chi connectivity index (χ2n) is 6.30. The zero-order valence-corrected chi connectivity index (χ0v) is 15.5.